The summed E-state index contributed by atoms with van der Waals surface area (Å²) in [4.78, 5) is 8.19. The van der Waals surface area contributed by atoms with Crippen LogP contribution in [0.5, 0.6) is 0 Å². The van der Waals surface area contributed by atoms with E-state index in [0.29, 0.717) is 45.1 Å². The van der Waals surface area contributed by atoms with Crippen molar-refractivity contribution in [3.8, 4) is 12.3 Å². The third-order valence-electron chi connectivity index (χ3n) is 5.73. The first-order valence-corrected chi connectivity index (χ1v) is 12.0. The first kappa shape index (κ1) is 20.6. The van der Waals surface area contributed by atoms with E-state index in [1.54, 1.807) is 32.9 Å². The zero-order valence-corrected chi connectivity index (χ0v) is 21.0. The van der Waals surface area contributed by atoms with Crippen LogP contribution in [0.4, 0.5) is 15.8 Å². The highest BCUT2D eigenvalue weighted by Crippen LogP contribution is 2.36. The normalized spacial score (nSPS) is 18.8. The fourth-order valence-corrected chi connectivity index (χ4v) is 4.06. The molecule has 3 heterocycles. The molecule has 0 spiro atoms. The predicted molar refractivity (Wildman–Crippen MR) is 142 cm³/mol. The molecular weight excluding hydrogens is 477 g/mol. The van der Waals surface area contributed by atoms with E-state index in [-0.39, 0.29) is 5.02 Å². The number of pyridine rings is 2. The van der Waals surface area contributed by atoms with E-state index in [2.05, 4.69) is 37.5 Å². The van der Waals surface area contributed by atoms with Gasteiger partial charge in [-0.1, -0.05) is 44.4 Å². The molecule has 5 rings (SSSR count). The molecule has 1 aromatic carbocycles. The second-order valence-corrected chi connectivity index (χ2v) is 10.2. The second kappa shape index (κ2) is 9.49. The van der Waals surface area contributed by atoms with Gasteiger partial charge in [0.15, 0.2) is 0 Å². The van der Waals surface area contributed by atoms with Crippen molar-refractivity contribution in [2.45, 2.75) is 45.7 Å². The Morgan fingerprint density at radius 3 is 2.81 bits per heavy atom. The molecule has 2 aromatic heterocycles. The highest BCUT2D eigenvalue weighted by molar-refractivity contribution is 6.35. The Morgan fingerprint density at radius 1 is 1.33 bits per heavy atom. The van der Waals surface area contributed by atoms with Gasteiger partial charge >= 0.3 is 0 Å². The summed E-state index contributed by atoms with van der Waals surface area (Å²) in [6.07, 6.45) is 12.4. The second-order valence-electron chi connectivity index (χ2n) is 9.83. The van der Waals surface area contributed by atoms with Crippen LogP contribution in [-0.4, -0.2) is 27.5 Å². The van der Waals surface area contributed by atoms with Gasteiger partial charge in [0.1, 0.15) is 0 Å². The van der Waals surface area contributed by atoms with E-state index in [0.717, 1.165) is 12.8 Å². The van der Waals surface area contributed by atoms with Crippen LogP contribution in [0.15, 0.2) is 48.6 Å². The molecule has 3 aromatic rings. The Hall–Kier alpha value is -3.54. The molecule has 1 saturated carbocycles. The molecule has 1 fully saturated rings. The maximum atomic E-state index is 13.7. The third-order valence-corrected chi connectivity index (χ3v) is 6.01. The quantitative estimate of drug-likeness (QED) is 0.253. The Balaban J connectivity index is 1.63. The van der Waals surface area contributed by atoms with Gasteiger partial charge in [0, 0.05) is 44.9 Å². The van der Waals surface area contributed by atoms with Crippen LogP contribution in [0.3, 0.4) is 0 Å². The highest BCUT2D eigenvalue weighted by atomic mass is 35.5. The van der Waals surface area contributed by atoms with Gasteiger partial charge in [0.2, 0.25) is 5.95 Å². The van der Waals surface area contributed by atoms with Crippen molar-refractivity contribution in [3.63, 3.8) is 0 Å². The lowest BCUT2D eigenvalue weighted by Crippen LogP contribution is -2.38. The van der Waals surface area contributed by atoms with Gasteiger partial charge in [-0.25, -0.2) is 4.98 Å². The van der Waals surface area contributed by atoms with Crippen molar-refractivity contribution < 1.29 is 8.50 Å². The van der Waals surface area contributed by atoms with E-state index in [9.17, 15) is 5.76 Å². The Labute approximate surface area is 219 Å². The third kappa shape index (κ3) is 5.18. The first-order valence-electron chi connectivity index (χ1n) is 13.1. The number of hydrogen-bond acceptors (Lipinski definition) is 7. The molecule has 4 N–H and O–H groups in total. The lowest BCUT2D eigenvalue weighted by Gasteiger charge is -2.23. The monoisotopic (exact) mass is 508 g/mol. The van der Waals surface area contributed by atoms with Crippen LogP contribution in [-0.2, 0) is 0 Å². The van der Waals surface area contributed by atoms with Crippen molar-refractivity contribution in [2.75, 3.05) is 17.1 Å². The maximum absolute atomic E-state index is 13.7. The number of fused-ring (bicyclic) bond motifs is 1. The molecule has 2 aliphatic rings. The fourth-order valence-electron chi connectivity index (χ4n) is 3.79. The lowest BCUT2D eigenvalue weighted by atomic mass is 9.96. The molecule has 1 atom stereocenters. The average Bonchev–Trinajstić information content (AvgIpc) is 3.59. The number of halogens is 2. The smallest absolute Gasteiger partial charge is 0.212 e. The van der Waals surface area contributed by atoms with Crippen molar-refractivity contribution in [2.24, 2.45) is 5.41 Å². The zero-order valence-electron chi connectivity index (χ0n) is 23.2. The number of benzene rings is 1. The molecule has 0 bridgehead atoms. The topological polar surface area (TPSA) is 77.1 Å². The van der Waals surface area contributed by atoms with E-state index in [1.165, 1.54) is 24.5 Å². The summed E-state index contributed by atoms with van der Waals surface area (Å²) in [5, 5.41) is 8.88. The lowest BCUT2D eigenvalue weighted by molar-refractivity contribution is 0.260. The minimum atomic E-state index is -1.84. The van der Waals surface area contributed by atoms with Crippen molar-refractivity contribution >= 4 is 33.9 Å². The van der Waals surface area contributed by atoms with Gasteiger partial charge < -0.3 is 16.1 Å². The first-order chi connectivity index (χ1) is 18.3. The highest BCUT2D eigenvalue weighted by Gasteiger charge is 2.32. The van der Waals surface area contributed by atoms with Crippen molar-refractivity contribution in [3.05, 3.63) is 70.7 Å². The molecular formula is C27H29ClFN7. The number of terminal acetylenes is 1. The summed E-state index contributed by atoms with van der Waals surface area (Å²) in [7, 11) is 0. The van der Waals surface area contributed by atoms with E-state index in [1.807, 2.05) is 11.2 Å². The minimum absolute atomic E-state index is 0.281. The van der Waals surface area contributed by atoms with Gasteiger partial charge in [0.05, 0.1) is 34.9 Å². The van der Waals surface area contributed by atoms with Gasteiger partial charge in [-0.2, -0.15) is 4.39 Å². The van der Waals surface area contributed by atoms with E-state index in [4.69, 9.17) is 20.8 Å². The Morgan fingerprint density at radius 2 is 2.14 bits per heavy atom. The summed E-state index contributed by atoms with van der Waals surface area (Å²) in [6, 6.07) is 4.76. The SMILES string of the molecule is [2H]C([2H])(Nc1c(C#C)cnc2c(Cl)cc(N[C@@]([2H])(C3=CN(C4CC4)NN3)c3ccc(F)nc3)cc12)C(C)(C)C. The van der Waals surface area contributed by atoms with Crippen LogP contribution in [0.1, 0.15) is 54.9 Å². The summed E-state index contributed by atoms with van der Waals surface area (Å²) in [5.74, 6) is 1.92. The zero-order chi connectivity index (χ0) is 28.2. The molecule has 0 unspecified atom stereocenters. The minimum Gasteiger partial charge on any atom is -0.383 e. The van der Waals surface area contributed by atoms with Crippen LogP contribution in [0.25, 0.3) is 10.9 Å². The molecule has 1 aliphatic heterocycles. The summed E-state index contributed by atoms with van der Waals surface area (Å²) < 4.78 is 40.5. The van der Waals surface area contributed by atoms with E-state index >= 15 is 0 Å². The van der Waals surface area contributed by atoms with Crippen LogP contribution < -0.4 is 21.6 Å². The number of rotatable bonds is 7. The number of nitrogens with one attached hydrogen (secondary N) is 4. The van der Waals surface area contributed by atoms with Gasteiger partial charge in [0.25, 0.3) is 0 Å². The Kier molecular flexibility index (Phi) is 5.44. The van der Waals surface area contributed by atoms with Gasteiger partial charge in [-0.05, 0) is 42.0 Å². The predicted octanol–water partition coefficient (Wildman–Crippen LogP) is 5.34. The van der Waals surface area contributed by atoms with Crippen LogP contribution in [0, 0.1) is 23.7 Å². The standard InChI is InChI=1S/C27H29ClFN7/c1-5-16-12-31-26-20(24(16)32-15-27(2,3)4)10-18(11-21(26)28)33-25(17-6-9-23(29)30-13-17)22-14-36(35-34-22)19-7-8-19/h1,6,9-14,19,25,33-35H,7-8,15H2,2-4H3,(H,31,32)/t25-/m1/s1/i15D2,25D. The number of nitrogens with zero attached hydrogens (tertiary/aromatic N) is 3. The number of anilines is 2. The van der Waals surface area contributed by atoms with Crippen molar-refractivity contribution in [1.29, 1.82) is 0 Å². The fraction of sp³-hybridized carbons (Fsp3) is 0.333. The molecule has 0 radical (unpaired) electrons. The largest absolute Gasteiger partial charge is 0.383 e. The molecule has 186 valence electrons. The summed E-state index contributed by atoms with van der Waals surface area (Å²) in [6.45, 7) is 3.51. The number of hydrogen-bond donors (Lipinski definition) is 4. The molecule has 7 nitrogen and oxygen atoms in total. The molecule has 0 amide bonds. The number of hydrazine groups is 2. The van der Waals surface area contributed by atoms with Gasteiger partial charge in [-0.3, -0.25) is 9.99 Å². The van der Waals surface area contributed by atoms with Crippen LogP contribution in [0.2, 0.25) is 5.02 Å². The molecule has 36 heavy (non-hydrogen) atoms. The summed E-state index contributed by atoms with van der Waals surface area (Å²) in [5.41, 5.74) is 7.83. The number of aromatic nitrogens is 2. The molecule has 9 heteroatoms. The molecule has 0 saturated heterocycles. The Bertz CT molecular complexity index is 1500. The average molecular weight is 509 g/mol. The molecule has 1 aliphatic carbocycles. The maximum Gasteiger partial charge on any atom is 0.212 e. The van der Waals surface area contributed by atoms with Gasteiger partial charge in [-0.15, -0.1) is 12.0 Å². The summed E-state index contributed by atoms with van der Waals surface area (Å²) >= 11 is 6.67. The van der Waals surface area contributed by atoms with Crippen LogP contribution >= 0.6 is 11.6 Å². The van der Waals surface area contributed by atoms with E-state index < -0.39 is 23.9 Å². The van der Waals surface area contributed by atoms with Crippen molar-refractivity contribution in [1.82, 2.24) is 25.9 Å².